The number of aromatic hydroxyl groups is 1. The summed E-state index contributed by atoms with van der Waals surface area (Å²) >= 11 is 0. The SMILES string of the molecule is COc1ccc(C)cc1N=Nc1c(S(=O)(=O)O)cc2cccc(S(=O)(=O)O)c2c1O.[Na].[Na]. The van der Waals surface area contributed by atoms with Crippen LogP contribution in [0.5, 0.6) is 11.5 Å². The van der Waals surface area contributed by atoms with E-state index in [0.717, 1.165) is 17.7 Å². The summed E-state index contributed by atoms with van der Waals surface area (Å²) in [6.45, 7) is 1.77. The molecule has 0 aliphatic heterocycles. The smallest absolute Gasteiger partial charge is 0.296 e. The van der Waals surface area contributed by atoms with Gasteiger partial charge in [0.1, 0.15) is 26.9 Å². The number of benzene rings is 3. The number of ether oxygens (including phenoxy) is 1. The Labute approximate surface area is 228 Å². The normalized spacial score (nSPS) is 11.8. The van der Waals surface area contributed by atoms with E-state index in [4.69, 9.17) is 4.74 Å². The van der Waals surface area contributed by atoms with Gasteiger partial charge in [-0.25, -0.2) is 0 Å². The Bertz CT molecular complexity index is 1410. The van der Waals surface area contributed by atoms with E-state index in [-0.39, 0.29) is 75.6 Å². The molecule has 2 radical (unpaired) electrons. The van der Waals surface area contributed by atoms with Gasteiger partial charge in [0.05, 0.1) is 7.11 Å². The summed E-state index contributed by atoms with van der Waals surface area (Å²) in [5.74, 6) is -0.597. The molecule has 0 aliphatic carbocycles. The summed E-state index contributed by atoms with van der Waals surface area (Å²) in [6.07, 6.45) is 0. The van der Waals surface area contributed by atoms with Crippen LogP contribution < -0.4 is 4.74 Å². The van der Waals surface area contributed by atoms with E-state index in [2.05, 4.69) is 10.2 Å². The van der Waals surface area contributed by atoms with E-state index in [0.29, 0.717) is 5.75 Å². The zero-order valence-corrected chi connectivity index (χ0v) is 23.3. The minimum atomic E-state index is -4.88. The Balaban J connectivity index is 0.00000256. The number of fused-ring (bicyclic) bond motifs is 1. The van der Waals surface area contributed by atoms with Crippen LogP contribution in [0.15, 0.2) is 62.5 Å². The molecule has 10 nitrogen and oxygen atoms in total. The fourth-order valence-electron chi connectivity index (χ4n) is 2.86. The van der Waals surface area contributed by atoms with Crippen molar-refractivity contribution in [3.8, 4) is 11.5 Å². The molecule has 0 amide bonds. The van der Waals surface area contributed by atoms with Crippen LogP contribution in [0, 0.1) is 6.92 Å². The monoisotopic (exact) mass is 498 g/mol. The Hall–Kier alpha value is -1.06. The van der Waals surface area contributed by atoms with Gasteiger partial charge in [-0.15, -0.1) is 10.2 Å². The second kappa shape index (κ2) is 10.9. The molecule has 0 unspecified atom stereocenters. The maximum atomic E-state index is 11.9. The molecule has 0 saturated carbocycles. The number of hydrogen-bond acceptors (Lipinski definition) is 8. The van der Waals surface area contributed by atoms with Gasteiger partial charge in [0, 0.05) is 64.5 Å². The average Bonchev–Trinajstić information content (AvgIpc) is 2.65. The average molecular weight is 498 g/mol. The van der Waals surface area contributed by atoms with Gasteiger partial charge in [-0.2, -0.15) is 16.8 Å². The Morgan fingerprint density at radius 2 is 1.50 bits per heavy atom. The molecule has 0 atom stereocenters. The van der Waals surface area contributed by atoms with Crippen molar-refractivity contribution in [2.24, 2.45) is 10.2 Å². The third kappa shape index (κ3) is 6.08. The van der Waals surface area contributed by atoms with Crippen molar-refractivity contribution >= 4 is 101 Å². The van der Waals surface area contributed by atoms with Crippen molar-refractivity contribution in [1.29, 1.82) is 0 Å². The maximum absolute atomic E-state index is 11.9. The Morgan fingerprint density at radius 1 is 0.875 bits per heavy atom. The maximum Gasteiger partial charge on any atom is 0.296 e. The predicted octanol–water partition coefficient (Wildman–Crippen LogP) is 3.01. The van der Waals surface area contributed by atoms with E-state index in [1.807, 2.05) is 0 Å². The zero-order chi connectivity index (χ0) is 22.3. The molecule has 0 spiro atoms. The molecule has 3 aromatic carbocycles. The molecule has 0 aromatic heterocycles. The number of phenolic OH excluding ortho intramolecular Hbond substituents is 1. The van der Waals surface area contributed by atoms with Crippen molar-refractivity contribution in [3.05, 3.63) is 48.0 Å². The fraction of sp³-hybridized carbons (Fsp3) is 0.111. The predicted molar refractivity (Wildman–Crippen MR) is 119 cm³/mol. The van der Waals surface area contributed by atoms with Crippen LogP contribution in [0.25, 0.3) is 10.8 Å². The summed E-state index contributed by atoms with van der Waals surface area (Å²) in [6, 6.07) is 9.39. The molecule has 14 heteroatoms. The summed E-state index contributed by atoms with van der Waals surface area (Å²) in [5.41, 5.74) is 0.280. The number of rotatable bonds is 5. The topological polar surface area (TPSA) is 163 Å². The second-order valence-corrected chi connectivity index (χ2v) is 9.03. The van der Waals surface area contributed by atoms with E-state index in [9.17, 15) is 31.0 Å². The molecule has 0 heterocycles. The molecule has 0 saturated heterocycles. The van der Waals surface area contributed by atoms with Crippen LogP contribution in [0.2, 0.25) is 0 Å². The zero-order valence-electron chi connectivity index (χ0n) is 17.6. The molecule has 3 N–H and O–H groups in total. The van der Waals surface area contributed by atoms with Crippen LogP contribution >= 0.6 is 0 Å². The number of nitrogens with zero attached hydrogens (tertiary/aromatic N) is 2. The van der Waals surface area contributed by atoms with Crippen LogP contribution in [0.1, 0.15) is 5.56 Å². The second-order valence-electron chi connectivity index (χ2n) is 6.25. The van der Waals surface area contributed by atoms with Crippen LogP contribution in [-0.2, 0) is 20.2 Å². The minimum absolute atomic E-state index is 0. The molecule has 160 valence electrons. The van der Waals surface area contributed by atoms with Gasteiger partial charge in [0.2, 0.25) is 0 Å². The molecule has 3 aromatic rings. The molecule has 0 fully saturated rings. The van der Waals surface area contributed by atoms with E-state index < -0.39 is 41.5 Å². The Morgan fingerprint density at radius 3 is 2.06 bits per heavy atom. The van der Waals surface area contributed by atoms with Crippen molar-refractivity contribution in [1.82, 2.24) is 0 Å². The fourth-order valence-corrected chi connectivity index (χ4v) is 4.24. The summed E-state index contributed by atoms with van der Waals surface area (Å²) in [7, 11) is -8.26. The molecular formula is C18H16N2Na2O8S2. The van der Waals surface area contributed by atoms with Gasteiger partial charge in [0.25, 0.3) is 20.2 Å². The van der Waals surface area contributed by atoms with Crippen molar-refractivity contribution < 1.29 is 35.8 Å². The number of methoxy groups -OCH3 is 1. The quantitative estimate of drug-likeness (QED) is 0.275. The number of hydrogen-bond donors (Lipinski definition) is 3. The molecular weight excluding hydrogens is 482 g/mol. The summed E-state index contributed by atoms with van der Waals surface area (Å²) in [5, 5.41) is 17.9. The van der Waals surface area contributed by atoms with Gasteiger partial charge >= 0.3 is 0 Å². The standard InChI is InChI=1S/C18H16N2O8S2.2Na/c1-10-6-7-13(28-2)12(8-10)19-20-17-15(30(25,26)27)9-11-4-3-5-14(29(22,23)24)16(11)18(17)21;;/h3-9,21H,1-2H3,(H,22,23,24)(H,25,26,27);;. The van der Waals surface area contributed by atoms with Crippen molar-refractivity contribution in [2.75, 3.05) is 7.11 Å². The van der Waals surface area contributed by atoms with Gasteiger partial charge in [-0.05, 0) is 42.1 Å². The van der Waals surface area contributed by atoms with Crippen LogP contribution in [0.3, 0.4) is 0 Å². The van der Waals surface area contributed by atoms with E-state index >= 15 is 0 Å². The summed E-state index contributed by atoms with van der Waals surface area (Å²) < 4.78 is 71.3. The minimum Gasteiger partial charge on any atom is -0.505 e. The van der Waals surface area contributed by atoms with Crippen molar-refractivity contribution in [2.45, 2.75) is 16.7 Å². The third-order valence-corrected chi connectivity index (χ3v) is 5.95. The van der Waals surface area contributed by atoms with Gasteiger partial charge < -0.3 is 9.84 Å². The number of aryl methyl sites for hydroxylation is 1. The van der Waals surface area contributed by atoms with Crippen LogP contribution in [0.4, 0.5) is 11.4 Å². The first-order valence-corrected chi connectivity index (χ1v) is 11.1. The first-order chi connectivity index (χ1) is 13.9. The van der Waals surface area contributed by atoms with E-state index in [1.165, 1.54) is 19.2 Å². The van der Waals surface area contributed by atoms with Crippen molar-refractivity contribution in [3.63, 3.8) is 0 Å². The van der Waals surface area contributed by atoms with Gasteiger partial charge in [0.15, 0.2) is 5.75 Å². The number of phenols is 1. The molecule has 0 bridgehead atoms. The Kier molecular flexibility index (Phi) is 9.88. The largest absolute Gasteiger partial charge is 0.505 e. The third-order valence-electron chi connectivity index (χ3n) is 4.19. The first-order valence-electron chi connectivity index (χ1n) is 8.23. The van der Waals surface area contributed by atoms with E-state index in [1.54, 1.807) is 25.1 Å². The number of azo groups is 1. The summed E-state index contributed by atoms with van der Waals surface area (Å²) in [4.78, 5) is -1.46. The van der Waals surface area contributed by atoms with Gasteiger partial charge in [-0.3, -0.25) is 9.11 Å². The molecule has 3 rings (SSSR count). The van der Waals surface area contributed by atoms with Gasteiger partial charge in [-0.1, -0.05) is 18.2 Å². The first kappa shape index (κ1) is 29.0. The molecule has 0 aliphatic rings. The van der Waals surface area contributed by atoms with Crippen LogP contribution in [-0.4, -0.2) is 97.3 Å². The molecule has 32 heavy (non-hydrogen) atoms.